The molecule has 8 heterocycles. The summed E-state index contributed by atoms with van der Waals surface area (Å²) < 4.78 is 29.0. The fourth-order valence-corrected chi connectivity index (χ4v) is 7.95. The van der Waals surface area contributed by atoms with Crippen molar-refractivity contribution in [3.63, 3.8) is 0 Å². The average Bonchev–Trinajstić information content (AvgIpc) is 3.65. The maximum absolute atomic E-state index is 12.4. The topological polar surface area (TPSA) is 181 Å². The second-order valence-electron chi connectivity index (χ2n) is 13.2. The number of carbonyl (C=O) groups is 2. The van der Waals surface area contributed by atoms with Crippen molar-refractivity contribution < 1.29 is 84.3 Å². The van der Waals surface area contributed by atoms with Crippen molar-refractivity contribution in [3.8, 4) is 0 Å². The summed E-state index contributed by atoms with van der Waals surface area (Å²) in [7, 11) is 0. The Morgan fingerprint density at radius 3 is 1.72 bits per heavy atom. The van der Waals surface area contributed by atoms with Crippen LogP contribution in [0.5, 0.6) is 0 Å². The molecule has 0 spiro atoms. The van der Waals surface area contributed by atoms with E-state index >= 15 is 0 Å². The van der Waals surface area contributed by atoms with Gasteiger partial charge < -0.3 is 49.9 Å². The molecule has 8 bridgehead atoms. The van der Waals surface area contributed by atoms with Gasteiger partial charge in [-0.1, -0.05) is 76.2 Å². The van der Waals surface area contributed by atoms with Gasteiger partial charge in [0.2, 0.25) is 0 Å². The number of aliphatic hydroxyl groups is 1. The minimum atomic E-state index is -1.40. The maximum Gasteiger partial charge on any atom is 1.00 e. The minimum Gasteiger partial charge on any atom is -0.870 e. The molecule has 1 unspecified atom stereocenters. The van der Waals surface area contributed by atoms with E-state index in [9.17, 15) is 19.8 Å². The smallest absolute Gasteiger partial charge is 0.870 e. The number of hydrogen-bond donors (Lipinski definition) is 2. The van der Waals surface area contributed by atoms with Gasteiger partial charge >= 0.3 is 35.5 Å². The molecule has 12 heteroatoms. The molecule has 11 nitrogen and oxygen atoms in total. The van der Waals surface area contributed by atoms with Crippen LogP contribution in [-0.2, 0) is 23.7 Å². The molecule has 0 amide bonds. The van der Waals surface area contributed by atoms with Crippen LogP contribution < -0.4 is 40.4 Å². The monoisotopic (exact) mass is 649 g/mol. The second kappa shape index (κ2) is 14.7. The zero-order valence-corrected chi connectivity index (χ0v) is 29.2. The van der Waals surface area contributed by atoms with Gasteiger partial charge in [0.1, 0.15) is 30.5 Å². The van der Waals surface area contributed by atoms with Crippen molar-refractivity contribution in [3.05, 3.63) is 71.3 Å². The van der Waals surface area contributed by atoms with Gasteiger partial charge in [-0.05, 0) is 13.0 Å². The first-order valence-corrected chi connectivity index (χ1v) is 15.7. The number of rotatable bonds is 4. The van der Waals surface area contributed by atoms with E-state index in [-0.39, 0.29) is 107 Å². The Kier molecular flexibility index (Phi) is 11.8. The fraction of sp³-hybridized carbons (Fsp3) is 0.588. The van der Waals surface area contributed by atoms with Crippen LogP contribution in [0.4, 0.5) is 0 Å². The number of carboxylic acids is 1. The predicted octanol–water partition coefficient (Wildman–Crippen LogP) is -1.62. The van der Waals surface area contributed by atoms with Gasteiger partial charge in [-0.25, -0.2) is 4.79 Å². The molecule has 246 valence electrons. The number of esters is 1. The molecule has 0 aromatic heterocycles. The van der Waals surface area contributed by atoms with E-state index in [4.69, 9.17) is 23.7 Å². The Balaban J connectivity index is 0.000000175. The van der Waals surface area contributed by atoms with Gasteiger partial charge in [0.25, 0.3) is 0 Å². The van der Waals surface area contributed by atoms with Crippen molar-refractivity contribution in [2.24, 2.45) is 23.7 Å². The van der Waals surface area contributed by atoms with E-state index in [1.165, 1.54) is 23.8 Å². The first kappa shape index (κ1) is 36.9. The summed E-state index contributed by atoms with van der Waals surface area (Å²) in [5, 5.41) is 20.9. The Bertz CT molecular complexity index is 1330. The van der Waals surface area contributed by atoms with Crippen LogP contribution in [0.2, 0.25) is 0 Å². The van der Waals surface area contributed by atoms with Crippen LogP contribution in [0.1, 0.15) is 66.9 Å². The number of carboxylic acid groups (broad SMARTS) is 1. The van der Waals surface area contributed by atoms with Crippen LogP contribution in [0, 0.1) is 23.7 Å². The molecule has 8 aliphatic rings. The van der Waals surface area contributed by atoms with E-state index in [0.29, 0.717) is 24.0 Å². The van der Waals surface area contributed by atoms with Crippen molar-refractivity contribution in [2.75, 3.05) is 0 Å². The van der Waals surface area contributed by atoms with Crippen LogP contribution in [0.3, 0.4) is 0 Å². The third-order valence-corrected chi connectivity index (χ3v) is 10.3. The van der Waals surface area contributed by atoms with Crippen molar-refractivity contribution in [1.82, 2.24) is 0 Å². The Labute approximate surface area is 291 Å². The second-order valence-corrected chi connectivity index (χ2v) is 13.2. The summed E-state index contributed by atoms with van der Waals surface area (Å²) in [6.07, 6.45) is -0.793. The van der Waals surface area contributed by atoms with E-state index in [0.717, 1.165) is 0 Å². The van der Waals surface area contributed by atoms with Crippen LogP contribution in [0.25, 0.3) is 0 Å². The quantitative estimate of drug-likeness (QED) is 0.289. The first-order valence-electron chi connectivity index (χ1n) is 15.7. The normalized spacial score (nSPS) is 40.4. The van der Waals surface area contributed by atoms with Crippen molar-refractivity contribution in [1.29, 1.82) is 0 Å². The molecular weight excluding hydrogens is 605 g/mol. The van der Waals surface area contributed by atoms with Gasteiger partial charge in [-0.15, -0.1) is 0 Å². The van der Waals surface area contributed by atoms with Gasteiger partial charge in [-0.3, -0.25) is 0 Å². The van der Waals surface area contributed by atoms with Crippen molar-refractivity contribution in [2.45, 2.75) is 102 Å². The molecule has 8 saturated heterocycles. The summed E-state index contributed by atoms with van der Waals surface area (Å²) in [5.74, 6) is -0.873. The van der Waals surface area contributed by atoms with Gasteiger partial charge in [0, 0.05) is 34.8 Å². The summed E-state index contributed by atoms with van der Waals surface area (Å²) >= 11 is 0. The van der Waals surface area contributed by atoms with Crippen molar-refractivity contribution >= 4 is 11.9 Å². The average molecular weight is 650 g/mol. The predicted molar refractivity (Wildman–Crippen MR) is 157 cm³/mol. The number of aromatic carboxylic acids is 1. The summed E-state index contributed by atoms with van der Waals surface area (Å²) in [6, 6.07) is 16.6. The molecule has 46 heavy (non-hydrogen) atoms. The largest absolute Gasteiger partial charge is 1.00 e. The van der Waals surface area contributed by atoms with Crippen LogP contribution >= 0.6 is 0 Å². The number of benzene rings is 2. The SMILES string of the molecule is C[C@@H]([NH3+])c1ccccc1.C[C@@H]1[C@@H]2OC3[C@@H](O)[C@H]1O[C@@H]3[C@H]2C.C[C@@H]1[C@@H]2O[C@@H]3[C@@H](OC(=O)c4ccccc4C(=O)[O-])[C@H]1O[C@@H]3[C@H]2C.[Na+].[OH-]. The summed E-state index contributed by atoms with van der Waals surface area (Å²) in [5.41, 5.74) is 5.03. The molecule has 2 aromatic carbocycles. The third kappa shape index (κ3) is 6.44. The number of quaternary nitrogens is 1. The van der Waals surface area contributed by atoms with E-state index in [1.54, 1.807) is 6.07 Å². The molecule has 8 aliphatic heterocycles. The maximum atomic E-state index is 12.4. The summed E-state index contributed by atoms with van der Waals surface area (Å²) in [4.78, 5) is 23.6. The van der Waals surface area contributed by atoms with E-state index in [1.807, 2.05) is 25.1 Å². The molecule has 2 aromatic rings. The third-order valence-electron chi connectivity index (χ3n) is 10.3. The molecule has 8 fully saturated rings. The minimum absolute atomic E-state index is 0. The van der Waals surface area contributed by atoms with E-state index in [2.05, 4.69) is 45.6 Å². The standard InChI is InChI=1S/C17H18O6.C9H14O3.C8H11N.Na.H2O/c1-7-11-8(2)13-15(14(21-11)12(7)22-13)23-17(20)10-6-4-3-5-9(10)16(18)19;1-3-6-4(2)8-9(11-6)5(10)7(3)12-8;1-7(9)8-5-3-2-4-6-8;;/h3-8,11-15H,1-2H3,(H,18,19);3-10H,1-2H3;2-7H,9H2,1H3;;1H2/q;;;+1;/p-1/t7-,8+,11+,12+,13-,14-,15-;3-,4+,5+,6+,7+,8-,9?;7-;;/m011../s1. The Morgan fingerprint density at radius 1 is 0.717 bits per heavy atom. The van der Waals surface area contributed by atoms with Crippen LogP contribution in [0.15, 0.2) is 54.6 Å². The van der Waals surface area contributed by atoms with Gasteiger partial charge in [0.05, 0.1) is 42.1 Å². The Morgan fingerprint density at radius 2 is 1.17 bits per heavy atom. The van der Waals surface area contributed by atoms with Crippen LogP contribution in [-0.4, -0.2) is 83.6 Å². The number of hydrogen-bond acceptors (Lipinski definition) is 10. The molecule has 0 saturated carbocycles. The molecule has 10 rings (SSSR count). The van der Waals surface area contributed by atoms with E-state index < -0.39 is 18.0 Å². The van der Waals surface area contributed by atoms with Gasteiger partial charge in [0.15, 0.2) is 6.10 Å². The molecule has 5 N–H and O–H groups in total. The molecule has 15 atom stereocenters. The van der Waals surface area contributed by atoms with Gasteiger partial charge in [-0.2, -0.15) is 0 Å². The zero-order valence-electron chi connectivity index (χ0n) is 27.2. The fourth-order valence-electron chi connectivity index (χ4n) is 7.95. The molecular formula is C34H44NNaO10. The Hall–Kier alpha value is -1.90. The zero-order chi connectivity index (χ0) is 31.4. The first-order chi connectivity index (χ1) is 21.0. The molecule has 0 aliphatic carbocycles. The summed E-state index contributed by atoms with van der Waals surface area (Å²) in [6.45, 7) is 10.5. The number of aliphatic hydroxyl groups excluding tert-OH is 1. The number of carbonyl (C=O) groups excluding carboxylic acids is 2. The molecule has 0 radical (unpaired) electrons. The number of ether oxygens (including phenoxy) is 5.